The monoisotopic (exact) mass is 356 g/mol. The summed E-state index contributed by atoms with van der Waals surface area (Å²) in [6.07, 6.45) is 0. The summed E-state index contributed by atoms with van der Waals surface area (Å²) in [6.45, 7) is 3.69. The first-order valence-electron chi connectivity index (χ1n) is 7.51. The minimum absolute atomic E-state index is 0.151. The van der Waals surface area contributed by atoms with Gasteiger partial charge in [-0.1, -0.05) is 35.0 Å². The number of nitrogens with zero attached hydrogens (tertiary/aromatic N) is 1. The molecule has 0 saturated heterocycles. The molecule has 1 N–H and O–H groups in total. The molecule has 0 spiro atoms. The molecule has 2 aromatic heterocycles. The van der Waals surface area contributed by atoms with E-state index in [4.69, 9.17) is 9.26 Å². The number of carbonyl (C=O) groups is 2. The zero-order valence-electron chi connectivity index (χ0n) is 14.0. The fourth-order valence-corrected chi connectivity index (χ4v) is 3.29. The summed E-state index contributed by atoms with van der Waals surface area (Å²) in [5.74, 6) is -0.423. The molecule has 25 heavy (non-hydrogen) atoms. The highest BCUT2D eigenvalue weighted by atomic mass is 32.1. The Hall–Kier alpha value is -2.93. The second kappa shape index (κ2) is 6.90. The van der Waals surface area contributed by atoms with Crippen LogP contribution in [0.1, 0.15) is 32.2 Å². The molecule has 3 aromatic rings. The first-order chi connectivity index (χ1) is 12.0. The standard InChI is InChI=1S/C18H16N2O4S/c1-10-4-6-12(7-5-10)13-9-25-17(15(13)18(22)23-3)19-16(21)14-8-11(2)24-20-14/h4-9H,1-3H3,(H,19,21). The highest BCUT2D eigenvalue weighted by Gasteiger charge is 2.23. The number of hydrogen-bond acceptors (Lipinski definition) is 6. The summed E-state index contributed by atoms with van der Waals surface area (Å²) in [5, 5.41) is 8.63. The third kappa shape index (κ3) is 3.46. The van der Waals surface area contributed by atoms with Gasteiger partial charge in [-0.25, -0.2) is 4.79 Å². The number of ether oxygens (including phenoxy) is 1. The Morgan fingerprint density at radius 3 is 2.52 bits per heavy atom. The van der Waals surface area contributed by atoms with Gasteiger partial charge in [0.25, 0.3) is 5.91 Å². The molecule has 0 radical (unpaired) electrons. The molecular weight excluding hydrogens is 340 g/mol. The predicted octanol–water partition coefficient (Wildman–Crippen LogP) is 4.06. The van der Waals surface area contributed by atoms with E-state index in [1.165, 1.54) is 24.5 Å². The van der Waals surface area contributed by atoms with E-state index in [9.17, 15) is 9.59 Å². The van der Waals surface area contributed by atoms with E-state index in [0.29, 0.717) is 21.9 Å². The van der Waals surface area contributed by atoms with Crippen molar-refractivity contribution in [2.45, 2.75) is 13.8 Å². The van der Waals surface area contributed by atoms with E-state index in [0.717, 1.165) is 11.1 Å². The summed E-state index contributed by atoms with van der Waals surface area (Å²) >= 11 is 1.26. The molecule has 0 fully saturated rings. The number of aryl methyl sites for hydroxylation is 2. The lowest BCUT2D eigenvalue weighted by molar-refractivity contribution is 0.0603. The van der Waals surface area contributed by atoms with Crippen LogP contribution in [0.25, 0.3) is 11.1 Å². The van der Waals surface area contributed by atoms with Crippen LogP contribution < -0.4 is 5.32 Å². The van der Waals surface area contributed by atoms with Crippen LogP contribution in [0.4, 0.5) is 5.00 Å². The van der Waals surface area contributed by atoms with Crippen LogP contribution in [-0.4, -0.2) is 24.1 Å². The maximum Gasteiger partial charge on any atom is 0.341 e. The average molecular weight is 356 g/mol. The van der Waals surface area contributed by atoms with Gasteiger partial charge in [0.1, 0.15) is 16.3 Å². The number of methoxy groups -OCH3 is 1. The van der Waals surface area contributed by atoms with Gasteiger partial charge in [-0.15, -0.1) is 11.3 Å². The van der Waals surface area contributed by atoms with E-state index < -0.39 is 11.9 Å². The van der Waals surface area contributed by atoms with Gasteiger partial charge < -0.3 is 14.6 Å². The molecule has 128 valence electrons. The lowest BCUT2D eigenvalue weighted by atomic mass is 10.0. The van der Waals surface area contributed by atoms with Crippen LogP contribution in [0.2, 0.25) is 0 Å². The smallest absolute Gasteiger partial charge is 0.341 e. The Morgan fingerprint density at radius 1 is 1.20 bits per heavy atom. The minimum Gasteiger partial charge on any atom is -0.465 e. The lowest BCUT2D eigenvalue weighted by Gasteiger charge is -2.07. The SMILES string of the molecule is COC(=O)c1c(-c2ccc(C)cc2)csc1NC(=O)c1cc(C)on1. The highest BCUT2D eigenvalue weighted by molar-refractivity contribution is 7.15. The predicted molar refractivity (Wildman–Crippen MR) is 95.0 cm³/mol. The number of thiophene rings is 1. The Bertz CT molecular complexity index is 925. The second-order valence-corrected chi connectivity index (χ2v) is 6.37. The molecule has 2 heterocycles. The van der Waals surface area contributed by atoms with Gasteiger partial charge in [-0.2, -0.15) is 0 Å². The van der Waals surface area contributed by atoms with E-state index in [-0.39, 0.29) is 5.69 Å². The largest absolute Gasteiger partial charge is 0.465 e. The molecule has 0 bridgehead atoms. The van der Waals surface area contributed by atoms with Crippen molar-refractivity contribution >= 4 is 28.2 Å². The van der Waals surface area contributed by atoms with E-state index in [1.807, 2.05) is 36.6 Å². The minimum atomic E-state index is -0.511. The molecule has 0 aliphatic rings. The van der Waals surface area contributed by atoms with Gasteiger partial charge in [0.2, 0.25) is 0 Å². The molecule has 0 atom stereocenters. The molecule has 0 saturated carbocycles. The summed E-state index contributed by atoms with van der Waals surface area (Å²) in [6, 6.07) is 9.31. The number of benzene rings is 1. The highest BCUT2D eigenvalue weighted by Crippen LogP contribution is 2.36. The number of carbonyl (C=O) groups excluding carboxylic acids is 2. The Labute approximate surface area is 148 Å². The summed E-state index contributed by atoms with van der Waals surface area (Å²) in [7, 11) is 1.31. The van der Waals surface area contributed by atoms with Gasteiger partial charge in [0, 0.05) is 17.0 Å². The first-order valence-corrected chi connectivity index (χ1v) is 8.39. The zero-order valence-corrected chi connectivity index (χ0v) is 14.8. The fraction of sp³-hybridized carbons (Fsp3) is 0.167. The van der Waals surface area contributed by atoms with Gasteiger partial charge in [-0.05, 0) is 19.4 Å². The van der Waals surface area contributed by atoms with Crippen LogP contribution in [0.15, 0.2) is 40.2 Å². The van der Waals surface area contributed by atoms with Crippen molar-refractivity contribution in [2.24, 2.45) is 0 Å². The molecule has 6 nitrogen and oxygen atoms in total. The number of rotatable bonds is 4. The van der Waals surface area contributed by atoms with Crippen LogP contribution in [0, 0.1) is 13.8 Å². The quantitative estimate of drug-likeness (QED) is 0.713. The molecule has 0 unspecified atom stereocenters. The first kappa shape index (κ1) is 16.9. The van der Waals surface area contributed by atoms with Crippen LogP contribution in [0.3, 0.4) is 0 Å². The summed E-state index contributed by atoms with van der Waals surface area (Å²) in [4.78, 5) is 24.6. The number of nitrogens with one attached hydrogen (secondary N) is 1. The zero-order chi connectivity index (χ0) is 18.0. The van der Waals surface area contributed by atoms with E-state index in [2.05, 4.69) is 10.5 Å². The van der Waals surface area contributed by atoms with Crippen molar-refractivity contribution in [3.63, 3.8) is 0 Å². The topological polar surface area (TPSA) is 81.4 Å². The molecule has 7 heteroatoms. The third-order valence-corrected chi connectivity index (χ3v) is 4.53. The van der Waals surface area contributed by atoms with Crippen molar-refractivity contribution in [2.75, 3.05) is 12.4 Å². The summed E-state index contributed by atoms with van der Waals surface area (Å²) < 4.78 is 9.80. The Balaban J connectivity index is 1.98. The molecule has 0 aliphatic carbocycles. The maximum atomic E-state index is 12.3. The molecule has 0 aliphatic heterocycles. The van der Waals surface area contributed by atoms with Gasteiger partial charge in [0.05, 0.1) is 7.11 Å². The lowest BCUT2D eigenvalue weighted by Crippen LogP contribution is -2.14. The van der Waals surface area contributed by atoms with E-state index >= 15 is 0 Å². The maximum absolute atomic E-state index is 12.3. The Kier molecular flexibility index (Phi) is 4.67. The molecule has 1 aromatic carbocycles. The van der Waals surface area contributed by atoms with Crippen LogP contribution in [0.5, 0.6) is 0 Å². The Morgan fingerprint density at radius 2 is 1.92 bits per heavy atom. The van der Waals surface area contributed by atoms with Gasteiger partial charge >= 0.3 is 5.97 Å². The number of amides is 1. The fourth-order valence-electron chi connectivity index (χ4n) is 2.34. The van der Waals surface area contributed by atoms with Crippen LogP contribution in [-0.2, 0) is 4.74 Å². The normalized spacial score (nSPS) is 10.5. The molecular formula is C18H16N2O4S. The van der Waals surface area contributed by atoms with Crippen molar-refractivity contribution in [3.05, 3.63) is 58.3 Å². The number of anilines is 1. The number of aromatic nitrogens is 1. The molecule has 1 amide bonds. The van der Waals surface area contributed by atoms with E-state index in [1.54, 1.807) is 6.92 Å². The van der Waals surface area contributed by atoms with Gasteiger partial charge in [0.15, 0.2) is 5.69 Å². The molecule has 3 rings (SSSR count). The van der Waals surface area contributed by atoms with Crippen molar-refractivity contribution in [3.8, 4) is 11.1 Å². The van der Waals surface area contributed by atoms with Gasteiger partial charge in [-0.3, -0.25) is 4.79 Å². The van der Waals surface area contributed by atoms with Crippen molar-refractivity contribution < 1.29 is 18.8 Å². The summed E-state index contributed by atoms with van der Waals surface area (Å²) in [5.41, 5.74) is 3.18. The third-order valence-electron chi connectivity index (χ3n) is 3.63. The number of esters is 1. The average Bonchev–Trinajstić information content (AvgIpc) is 3.21. The number of hydrogen-bond donors (Lipinski definition) is 1. The van der Waals surface area contributed by atoms with Crippen molar-refractivity contribution in [1.29, 1.82) is 0 Å². The van der Waals surface area contributed by atoms with Crippen molar-refractivity contribution in [1.82, 2.24) is 5.16 Å². The second-order valence-electron chi connectivity index (χ2n) is 5.49. The van der Waals surface area contributed by atoms with Crippen LogP contribution >= 0.6 is 11.3 Å².